The van der Waals surface area contributed by atoms with E-state index in [0.717, 1.165) is 12.2 Å². The highest BCUT2D eigenvalue weighted by Gasteiger charge is 2.15. The molecule has 0 aliphatic carbocycles. The summed E-state index contributed by atoms with van der Waals surface area (Å²) in [7, 11) is 0. The smallest absolute Gasteiger partial charge is 0.155 e. The average Bonchev–Trinajstić information content (AvgIpc) is 1.88. The molecule has 0 N–H and O–H groups in total. The molecule has 0 radical (unpaired) electrons. The molecule has 0 fully saturated rings. The second-order valence-corrected chi connectivity index (χ2v) is 6.92. The minimum Gasteiger partial charge on any atom is -0.155 e. The van der Waals surface area contributed by atoms with Crippen molar-refractivity contribution in [3.05, 3.63) is 0 Å². The minimum absolute atomic E-state index is 0.336. The molecule has 4 heteroatoms. The summed E-state index contributed by atoms with van der Waals surface area (Å²) in [6.45, 7) is 6.28. The summed E-state index contributed by atoms with van der Waals surface area (Å²) < 4.78 is 5.48. The molecule has 0 spiro atoms. The fourth-order valence-corrected chi connectivity index (χ4v) is 3.72. The van der Waals surface area contributed by atoms with Crippen molar-refractivity contribution in [2.75, 3.05) is 5.75 Å². The van der Waals surface area contributed by atoms with E-state index in [1.54, 1.807) is 11.4 Å². The Kier molecular flexibility index (Phi) is 7.08. The van der Waals surface area contributed by atoms with Crippen molar-refractivity contribution in [3.8, 4) is 0 Å². The Balaban J connectivity index is 3.37. The van der Waals surface area contributed by atoms with Crippen LogP contribution in [0.15, 0.2) is 0 Å². The summed E-state index contributed by atoms with van der Waals surface area (Å²) in [6.07, 6.45) is 0.765. The zero-order chi connectivity index (χ0) is 7.98. The van der Waals surface area contributed by atoms with Crippen molar-refractivity contribution in [3.63, 3.8) is 0 Å². The van der Waals surface area contributed by atoms with Crippen LogP contribution in [0, 0.1) is 0 Å². The van der Waals surface area contributed by atoms with E-state index in [1.165, 1.54) is 0 Å². The van der Waals surface area contributed by atoms with Crippen LogP contribution < -0.4 is 0 Å². The maximum absolute atomic E-state index is 5.48. The van der Waals surface area contributed by atoms with Gasteiger partial charge in [-0.25, -0.2) is 0 Å². The Morgan fingerprint density at radius 3 is 2.60 bits per heavy atom. The van der Waals surface area contributed by atoms with E-state index in [1.807, 2.05) is 0 Å². The fraction of sp³-hybridized carbons (Fsp3) is 1.00. The Bertz CT molecular complexity index is 108. The first-order valence-electron chi connectivity index (χ1n) is 3.47. The largest absolute Gasteiger partial charge is 0.414 e. The lowest BCUT2D eigenvalue weighted by atomic mass is 10.3. The highest BCUT2D eigenvalue weighted by Crippen LogP contribution is 2.40. The SMILES string of the molecule is CCS[P+](=S)OC(C)CC. The van der Waals surface area contributed by atoms with Gasteiger partial charge in [0.15, 0.2) is 0 Å². The molecule has 0 aliphatic rings. The third-order valence-corrected chi connectivity index (χ3v) is 4.95. The second kappa shape index (κ2) is 6.53. The van der Waals surface area contributed by atoms with Gasteiger partial charge in [-0.3, -0.25) is 0 Å². The van der Waals surface area contributed by atoms with Gasteiger partial charge in [0.1, 0.15) is 17.5 Å². The highest BCUT2D eigenvalue weighted by molar-refractivity contribution is 8.62. The van der Waals surface area contributed by atoms with Gasteiger partial charge in [0, 0.05) is 5.75 Å². The number of hydrogen-bond acceptors (Lipinski definition) is 3. The van der Waals surface area contributed by atoms with Crippen LogP contribution in [0.4, 0.5) is 0 Å². The van der Waals surface area contributed by atoms with Gasteiger partial charge in [-0.05, 0) is 13.3 Å². The van der Waals surface area contributed by atoms with Crippen molar-refractivity contribution in [1.82, 2.24) is 0 Å². The van der Waals surface area contributed by atoms with E-state index in [2.05, 4.69) is 20.8 Å². The summed E-state index contributed by atoms with van der Waals surface area (Å²) >= 11 is 6.82. The molecular weight excluding hydrogens is 183 g/mol. The minimum atomic E-state index is -0.626. The zero-order valence-corrected chi connectivity index (χ0v) is 9.19. The van der Waals surface area contributed by atoms with Gasteiger partial charge in [0.05, 0.1) is 0 Å². The summed E-state index contributed by atoms with van der Waals surface area (Å²) in [6, 6.07) is 0. The lowest BCUT2D eigenvalue weighted by Gasteiger charge is -1.98. The molecule has 60 valence electrons. The summed E-state index contributed by atoms with van der Waals surface area (Å²) in [5.41, 5.74) is 0. The summed E-state index contributed by atoms with van der Waals surface area (Å²) in [5, 5.41) is 0. The molecule has 0 amide bonds. The Morgan fingerprint density at radius 2 is 2.20 bits per heavy atom. The topological polar surface area (TPSA) is 9.23 Å². The van der Waals surface area contributed by atoms with Crippen LogP contribution in [0.3, 0.4) is 0 Å². The van der Waals surface area contributed by atoms with Crippen LogP contribution in [0.25, 0.3) is 0 Å². The van der Waals surface area contributed by atoms with Crippen molar-refractivity contribution in [2.24, 2.45) is 0 Å². The summed E-state index contributed by atoms with van der Waals surface area (Å²) in [4.78, 5) is 0. The van der Waals surface area contributed by atoms with Gasteiger partial charge < -0.3 is 0 Å². The molecule has 10 heavy (non-hydrogen) atoms. The predicted molar refractivity (Wildman–Crippen MR) is 53.3 cm³/mol. The molecule has 0 saturated heterocycles. The first-order valence-corrected chi connectivity index (χ1v) is 7.34. The van der Waals surface area contributed by atoms with Gasteiger partial charge >= 0.3 is 6.13 Å². The third-order valence-electron chi connectivity index (χ3n) is 1.08. The zero-order valence-electron chi connectivity index (χ0n) is 6.66. The molecule has 2 atom stereocenters. The van der Waals surface area contributed by atoms with Gasteiger partial charge in [0.2, 0.25) is 11.8 Å². The van der Waals surface area contributed by atoms with E-state index in [-0.39, 0.29) is 0 Å². The van der Waals surface area contributed by atoms with Crippen LogP contribution in [0.5, 0.6) is 0 Å². The molecule has 0 aromatic rings. The average molecular weight is 197 g/mol. The molecule has 1 nitrogen and oxygen atoms in total. The van der Waals surface area contributed by atoms with E-state index < -0.39 is 6.13 Å². The molecule has 0 heterocycles. The van der Waals surface area contributed by atoms with E-state index in [9.17, 15) is 0 Å². The van der Waals surface area contributed by atoms with Crippen LogP contribution in [0.2, 0.25) is 0 Å². The van der Waals surface area contributed by atoms with Crippen molar-refractivity contribution >= 4 is 29.3 Å². The van der Waals surface area contributed by atoms with Crippen LogP contribution in [-0.2, 0) is 16.3 Å². The van der Waals surface area contributed by atoms with Crippen molar-refractivity contribution in [2.45, 2.75) is 33.3 Å². The molecule has 2 unspecified atom stereocenters. The van der Waals surface area contributed by atoms with Gasteiger partial charge in [-0.1, -0.05) is 13.8 Å². The summed E-state index contributed by atoms with van der Waals surface area (Å²) in [5.74, 6) is 1.06. The molecule has 0 saturated carbocycles. The van der Waals surface area contributed by atoms with Gasteiger partial charge in [-0.15, -0.1) is 0 Å². The van der Waals surface area contributed by atoms with E-state index >= 15 is 0 Å². The van der Waals surface area contributed by atoms with E-state index in [0.29, 0.717) is 6.10 Å². The van der Waals surface area contributed by atoms with Crippen LogP contribution >= 0.6 is 17.5 Å². The quantitative estimate of drug-likeness (QED) is 0.626. The molecular formula is C6H14OPS2+. The van der Waals surface area contributed by atoms with Gasteiger partial charge in [0.25, 0.3) is 0 Å². The fourth-order valence-electron chi connectivity index (χ4n) is 0.357. The second-order valence-electron chi connectivity index (χ2n) is 1.97. The number of hydrogen-bond donors (Lipinski definition) is 0. The first-order chi connectivity index (χ1) is 4.70. The molecule has 0 bridgehead atoms. The Hall–Kier alpha value is 0.830. The Morgan fingerprint density at radius 1 is 1.60 bits per heavy atom. The molecule has 0 rings (SSSR count). The normalized spacial score (nSPS) is 14.9. The standard InChI is InChI=1S/C6H14OPS2/c1-4-6(3)7-8(9)10-5-2/h6H,4-5H2,1-3H3/q+1. The molecule has 0 aliphatic heterocycles. The maximum atomic E-state index is 5.48. The lowest BCUT2D eigenvalue weighted by Crippen LogP contribution is -1.98. The predicted octanol–water partition coefficient (Wildman–Crippen LogP) is 3.33. The first kappa shape index (κ1) is 10.8. The van der Waals surface area contributed by atoms with Crippen molar-refractivity contribution < 1.29 is 4.52 Å². The third kappa shape index (κ3) is 5.60. The molecule has 0 aromatic carbocycles. The van der Waals surface area contributed by atoms with Crippen molar-refractivity contribution in [1.29, 1.82) is 0 Å². The number of rotatable bonds is 5. The van der Waals surface area contributed by atoms with Gasteiger partial charge in [-0.2, -0.15) is 4.52 Å². The maximum Gasteiger partial charge on any atom is 0.414 e. The molecule has 0 aromatic heterocycles. The highest BCUT2D eigenvalue weighted by atomic mass is 32.9. The van der Waals surface area contributed by atoms with Crippen LogP contribution in [0.1, 0.15) is 27.2 Å². The Labute approximate surface area is 73.2 Å². The lowest BCUT2D eigenvalue weighted by molar-refractivity contribution is 0.255. The monoisotopic (exact) mass is 197 g/mol. The van der Waals surface area contributed by atoms with Crippen LogP contribution in [-0.4, -0.2) is 11.9 Å². The van der Waals surface area contributed by atoms with E-state index in [4.69, 9.17) is 16.3 Å².